The maximum Gasteiger partial charge on any atom is 0.282 e. The number of hydrogen-bond acceptors (Lipinski definition) is 6. The van der Waals surface area contributed by atoms with Gasteiger partial charge in [0.05, 0.1) is 28.1 Å². The Bertz CT molecular complexity index is 1150. The molecule has 144 valence electrons. The van der Waals surface area contributed by atoms with E-state index >= 15 is 0 Å². The fraction of sp³-hybridized carbons (Fsp3) is 0.211. The third kappa shape index (κ3) is 4.09. The van der Waals surface area contributed by atoms with Crippen LogP contribution in [0.1, 0.15) is 25.2 Å². The van der Waals surface area contributed by atoms with E-state index in [0.29, 0.717) is 28.0 Å². The molecule has 0 aliphatic heterocycles. The highest BCUT2D eigenvalue weighted by atomic mass is 79.9. The highest BCUT2D eigenvalue weighted by Gasteiger charge is 2.13. The van der Waals surface area contributed by atoms with Gasteiger partial charge in [-0.2, -0.15) is 9.78 Å². The van der Waals surface area contributed by atoms with Crippen molar-refractivity contribution in [3.05, 3.63) is 72.7 Å². The molecule has 1 heterocycles. The minimum atomic E-state index is -0.497. The third-order valence-corrected chi connectivity index (χ3v) is 4.34. The molecule has 0 unspecified atom stereocenters. The molecule has 0 radical (unpaired) electrons. The molecule has 28 heavy (non-hydrogen) atoms. The number of non-ortho nitro benzene ring substituents is 1. The van der Waals surface area contributed by atoms with Gasteiger partial charge in [-0.25, -0.2) is 4.98 Å². The van der Waals surface area contributed by atoms with E-state index in [2.05, 4.69) is 26.0 Å². The van der Waals surface area contributed by atoms with E-state index in [1.54, 1.807) is 25.1 Å². The molecular weight excluding hydrogens is 428 g/mol. The number of aryl methyl sites for hydroxylation is 1. The summed E-state index contributed by atoms with van der Waals surface area (Å²) in [6, 6.07) is 9.47. The predicted octanol–water partition coefficient (Wildman–Crippen LogP) is 4.05. The van der Waals surface area contributed by atoms with Crippen LogP contribution in [0.3, 0.4) is 0 Å². The Morgan fingerprint density at radius 2 is 2.04 bits per heavy atom. The molecule has 0 spiro atoms. The number of aromatic nitrogens is 2. The Hall–Kier alpha value is -3.07. The van der Waals surface area contributed by atoms with Crippen LogP contribution in [0, 0.1) is 17.0 Å². The molecule has 3 rings (SSSR count). The van der Waals surface area contributed by atoms with Crippen molar-refractivity contribution in [2.75, 3.05) is 0 Å². The lowest BCUT2D eigenvalue weighted by molar-refractivity contribution is -0.384. The molecule has 0 aliphatic rings. The summed E-state index contributed by atoms with van der Waals surface area (Å²) in [7, 11) is 0. The monoisotopic (exact) mass is 444 g/mol. The molecular formula is C19H17BrN4O4. The first-order valence-corrected chi connectivity index (χ1v) is 9.24. The largest absolute Gasteiger partial charge is 0.490 e. The lowest BCUT2D eigenvalue weighted by Gasteiger charge is -2.12. The standard InChI is InChI=1S/C19H17BrN4O4/c1-11(2)28-18-7-5-15(24(26)27)8-13(18)10-21-23-12(3)22-17-6-4-14(20)9-16(17)19(23)25/h4-11H,1-3H3. The molecule has 0 amide bonds. The van der Waals surface area contributed by atoms with Crippen molar-refractivity contribution in [3.63, 3.8) is 0 Å². The second-order valence-electron chi connectivity index (χ2n) is 6.33. The van der Waals surface area contributed by atoms with E-state index in [4.69, 9.17) is 4.74 Å². The maximum atomic E-state index is 12.8. The summed E-state index contributed by atoms with van der Waals surface area (Å²) in [6.45, 7) is 5.36. The molecule has 0 bridgehead atoms. The Balaban J connectivity index is 2.12. The average molecular weight is 445 g/mol. The number of benzene rings is 2. The predicted molar refractivity (Wildman–Crippen MR) is 110 cm³/mol. The van der Waals surface area contributed by atoms with Crippen molar-refractivity contribution in [2.45, 2.75) is 26.9 Å². The molecule has 0 aliphatic carbocycles. The van der Waals surface area contributed by atoms with Crippen molar-refractivity contribution in [1.82, 2.24) is 9.66 Å². The number of fused-ring (bicyclic) bond motifs is 1. The van der Waals surface area contributed by atoms with E-state index in [9.17, 15) is 14.9 Å². The number of nitro benzene ring substituents is 1. The topological polar surface area (TPSA) is 99.6 Å². The smallest absolute Gasteiger partial charge is 0.282 e. The van der Waals surface area contributed by atoms with Crippen LogP contribution in [0.4, 0.5) is 5.69 Å². The zero-order valence-electron chi connectivity index (χ0n) is 15.4. The molecule has 0 saturated heterocycles. The average Bonchev–Trinajstić information content (AvgIpc) is 2.62. The molecule has 0 saturated carbocycles. The van der Waals surface area contributed by atoms with E-state index in [0.717, 1.165) is 9.15 Å². The van der Waals surface area contributed by atoms with Gasteiger partial charge >= 0.3 is 0 Å². The fourth-order valence-corrected chi connectivity index (χ4v) is 2.99. The lowest BCUT2D eigenvalue weighted by Crippen LogP contribution is -2.20. The van der Waals surface area contributed by atoms with Gasteiger partial charge in [0.2, 0.25) is 0 Å². The summed E-state index contributed by atoms with van der Waals surface area (Å²) in [6.07, 6.45) is 1.24. The van der Waals surface area contributed by atoms with Crippen LogP contribution < -0.4 is 10.3 Å². The second-order valence-corrected chi connectivity index (χ2v) is 7.24. The van der Waals surface area contributed by atoms with E-state index in [-0.39, 0.29) is 17.4 Å². The molecule has 0 N–H and O–H groups in total. The van der Waals surface area contributed by atoms with Crippen molar-refractivity contribution < 1.29 is 9.66 Å². The number of ether oxygens (including phenoxy) is 1. The zero-order chi connectivity index (χ0) is 20.4. The first-order valence-electron chi connectivity index (χ1n) is 8.44. The van der Waals surface area contributed by atoms with Crippen LogP contribution in [-0.4, -0.2) is 26.9 Å². The SMILES string of the molecule is Cc1nc2ccc(Br)cc2c(=O)n1N=Cc1cc([N+](=O)[O-])ccc1OC(C)C. The Morgan fingerprint density at radius 1 is 1.29 bits per heavy atom. The summed E-state index contributed by atoms with van der Waals surface area (Å²) in [5.41, 5.74) is 0.527. The third-order valence-electron chi connectivity index (χ3n) is 3.85. The van der Waals surface area contributed by atoms with Crippen molar-refractivity contribution in [3.8, 4) is 5.75 Å². The highest BCUT2D eigenvalue weighted by molar-refractivity contribution is 9.10. The second kappa shape index (κ2) is 7.89. The quantitative estimate of drug-likeness (QED) is 0.335. The van der Waals surface area contributed by atoms with Crippen molar-refractivity contribution in [2.24, 2.45) is 5.10 Å². The van der Waals surface area contributed by atoms with Crippen LogP contribution in [0.25, 0.3) is 10.9 Å². The summed E-state index contributed by atoms with van der Waals surface area (Å²) in [4.78, 5) is 27.8. The molecule has 8 nitrogen and oxygen atoms in total. The number of nitrogens with zero attached hydrogens (tertiary/aromatic N) is 4. The number of hydrogen-bond donors (Lipinski definition) is 0. The van der Waals surface area contributed by atoms with Gasteiger partial charge in [-0.1, -0.05) is 15.9 Å². The summed E-state index contributed by atoms with van der Waals surface area (Å²) < 4.78 is 7.61. The summed E-state index contributed by atoms with van der Waals surface area (Å²) >= 11 is 3.34. The number of rotatable bonds is 5. The zero-order valence-corrected chi connectivity index (χ0v) is 17.0. The number of nitro groups is 1. The van der Waals surface area contributed by atoms with Crippen LogP contribution in [0.15, 0.2) is 50.8 Å². The van der Waals surface area contributed by atoms with Crippen molar-refractivity contribution in [1.29, 1.82) is 0 Å². The molecule has 9 heteroatoms. The summed E-state index contributed by atoms with van der Waals surface area (Å²) in [5, 5.41) is 15.7. The normalized spacial score (nSPS) is 11.5. The van der Waals surface area contributed by atoms with Crippen LogP contribution >= 0.6 is 15.9 Å². The minimum Gasteiger partial charge on any atom is -0.490 e. The van der Waals surface area contributed by atoms with Gasteiger partial charge in [-0.3, -0.25) is 14.9 Å². The molecule has 0 fully saturated rings. The van der Waals surface area contributed by atoms with Crippen LogP contribution in [0.2, 0.25) is 0 Å². The maximum absolute atomic E-state index is 12.8. The fourth-order valence-electron chi connectivity index (χ4n) is 2.63. The minimum absolute atomic E-state index is 0.0952. The van der Waals surface area contributed by atoms with Gasteiger partial charge in [0, 0.05) is 22.2 Å². The van der Waals surface area contributed by atoms with Crippen molar-refractivity contribution >= 4 is 38.7 Å². The van der Waals surface area contributed by atoms with Gasteiger partial charge in [-0.15, -0.1) is 0 Å². The van der Waals surface area contributed by atoms with E-state index in [1.807, 2.05) is 13.8 Å². The van der Waals surface area contributed by atoms with E-state index < -0.39 is 4.92 Å². The Labute approximate surface area is 168 Å². The van der Waals surface area contributed by atoms with Crippen LogP contribution in [-0.2, 0) is 0 Å². The summed E-state index contributed by atoms with van der Waals surface area (Å²) in [5.74, 6) is 0.833. The Morgan fingerprint density at radius 3 is 2.71 bits per heavy atom. The highest BCUT2D eigenvalue weighted by Crippen LogP contribution is 2.24. The lowest BCUT2D eigenvalue weighted by atomic mass is 10.2. The van der Waals surface area contributed by atoms with Gasteiger partial charge in [0.1, 0.15) is 11.6 Å². The van der Waals surface area contributed by atoms with Gasteiger partial charge < -0.3 is 4.74 Å². The molecule has 2 aromatic carbocycles. The van der Waals surface area contributed by atoms with Crippen LogP contribution in [0.5, 0.6) is 5.75 Å². The van der Waals surface area contributed by atoms with Gasteiger partial charge in [0.15, 0.2) is 0 Å². The number of halogens is 1. The van der Waals surface area contributed by atoms with E-state index in [1.165, 1.54) is 24.4 Å². The Kier molecular flexibility index (Phi) is 5.55. The van der Waals surface area contributed by atoms with Gasteiger partial charge in [0.25, 0.3) is 11.2 Å². The molecule has 0 atom stereocenters. The first-order chi connectivity index (χ1) is 13.3. The molecule has 1 aromatic heterocycles. The first kappa shape index (κ1) is 19.7. The van der Waals surface area contributed by atoms with Gasteiger partial charge in [-0.05, 0) is 45.0 Å². The molecule has 3 aromatic rings.